The molecule has 0 aromatic heterocycles. The van der Waals surface area contributed by atoms with Gasteiger partial charge in [0.05, 0.1) is 40.4 Å². The lowest BCUT2D eigenvalue weighted by Gasteiger charge is -2.40. The maximum atomic E-state index is 14.0. The number of benzene rings is 3. The lowest BCUT2D eigenvalue weighted by molar-refractivity contribution is -0.384. The van der Waals surface area contributed by atoms with Gasteiger partial charge in [0.15, 0.2) is 0 Å². The Balaban J connectivity index is 1.54. The standard InChI is InChI=1S/C33H35N4O9P/c1-4-45-47(44,46-5-2)21-36(22(3)19-34-30(38)26-10-6-7-11-27(26)31(34)39)25(18-23-14-16-24(17-15-23)37(42)43)20-35-32(40)28-12-8-9-13-29(28)33(35)41/h6-17,22,25H,4-5,18-21H2,1-3H3/t22-,25+/m1/s1. The summed E-state index contributed by atoms with van der Waals surface area (Å²) in [6.45, 7) is 4.97. The number of nitro benzene ring substituents is 1. The molecule has 2 aliphatic rings. The number of fused-ring (bicyclic) bond motifs is 2. The van der Waals surface area contributed by atoms with Gasteiger partial charge in [0.25, 0.3) is 29.3 Å². The molecule has 2 aliphatic heterocycles. The van der Waals surface area contributed by atoms with Gasteiger partial charge in [-0.1, -0.05) is 36.4 Å². The van der Waals surface area contributed by atoms with Crippen LogP contribution in [0.2, 0.25) is 0 Å². The first-order valence-corrected chi connectivity index (χ1v) is 17.0. The van der Waals surface area contributed by atoms with Crippen LogP contribution in [0.3, 0.4) is 0 Å². The number of nitro groups is 1. The molecule has 2 atom stereocenters. The Morgan fingerprint density at radius 3 is 1.57 bits per heavy atom. The van der Waals surface area contributed by atoms with Crippen LogP contribution in [-0.2, 0) is 20.0 Å². The molecule has 0 unspecified atom stereocenters. The van der Waals surface area contributed by atoms with E-state index in [9.17, 15) is 33.9 Å². The topological polar surface area (TPSA) is 157 Å². The molecule has 47 heavy (non-hydrogen) atoms. The molecule has 0 aliphatic carbocycles. The van der Waals surface area contributed by atoms with Crippen LogP contribution in [-0.4, -0.2) is 87.9 Å². The summed E-state index contributed by atoms with van der Waals surface area (Å²) >= 11 is 0. The third-order valence-corrected chi connectivity index (χ3v) is 10.2. The summed E-state index contributed by atoms with van der Waals surface area (Å²) in [4.78, 5) is 68.4. The van der Waals surface area contributed by atoms with Crippen LogP contribution in [0.5, 0.6) is 0 Å². The third kappa shape index (κ3) is 6.93. The van der Waals surface area contributed by atoms with Crippen LogP contribution in [0.15, 0.2) is 72.8 Å². The van der Waals surface area contributed by atoms with Gasteiger partial charge < -0.3 is 9.05 Å². The van der Waals surface area contributed by atoms with Gasteiger partial charge in [-0.25, -0.2) is 0 Å². The van der Waals surface area contributed by atoms with Gasteiger partial charge >= 0.3 is 7.60 Å². The van der Waals surface area contributed by atoms with E-state index in [2.05, 4.69) is 0 Å². The van der Waals surface area contributed by atoms with Gasteiger partial charge in [-0.2, -0.15) is 0 Å². The van der Waals surface area contributed by atoms with E-state index < -0.39 is 48.2 Å². The Bertz CT molecular complexity index is 1680. The van der Waals surface area contributed by atoms with Crippen LogP contribution < -0.4 is 0 Å². The Morgan fingerprint density at radius 1 is 0.745 bits per heavy atom. The Hall–Kier alpha value is -4.55. The molecule has 0 spiro atoms. The molecular formula is C33H35N4O9P. The molecular weight excluding hydrogens is 627 g/mol. The zero-order valence-electron chi connectivity index (χ0n) is 26.2. The van der Waals surface area contributed by atoms with E-state index >= 15 is 0 Å². The molecule has 14 heteroatoms. The molecule has 3 aromatic rings. The number of nitrogens with zero attached hydrogens (tertiary/aromatic N) is 4. The minimum Gasteiger partial charge on any atom is -0.308 e. The highest BCUT2D eigenvalue weighted by atomic mass is 31.2. The molecule has 0 N–H and O–H groups in total. The van der Waals surface area contributed by atoms with Crippen LogP contribution in [0.25, 0.3) is 0 Å². The van der Waals surface area contributed by atoms with Gasteiger partial charge in [-0.3, -0.25) is 48.6 Å². The first kappa shape index (κ1) is 33.8. The van der Waals surface area contributed by atoms with Crippen molar-refractivity contribution in [2.45, 2.75) is 39.3 Å². The number of carbonyl (C=O) groups excluding carboxylic acids is 4. The second-order valence-electron chi connectivity index (χ2n) is 11.3. The molecule has 0 bridgehead atoms. The molecule has 13 nitrogen and oxygen atoms in total. The van der Waals surface area contributed by atoms with E-state index in [1.165, 1.54) is 12.1 Å². The minimum absolute atomic E-state index is 0.0727. The smallest absolute Gasteiger partial charge is 0.308 e. The monoisotopic (exact) mass is 662 g/mol. The van der Waals surface area contributed by atoms with E-state index in [0.717, 1.165) is 9.80 Å². The largest absolute Gasteiger partial charge is 0.344 e. The number of hydrogen-bond donors (Lipinski definition) is 0. The fourth-order valence-electron chi connectivity index (χ4n) is 6.03. The molecule has 3 aromatic carbocycles. The molecule has 0 fully saturated rings. The quantitative estimate of drug-likeness (QED) is 0.0938. The first-order valence-electron chi connectivity index (χ1n) is 15.3. The molecule has 5 rings (SSSR count). The third-order valence-electron chi connectivity index (χ3n) is 8.24. The van der Waals surface area contributed by atoms with E-state index in [-0.39, 0.29) is 67.0 Å². The van der Waals surface area contributed by atoms with Crippen molar-refractivity contribution in [2.75, 3.05) is 32.6 Å². The predicted octanol–water partition coefficient (Wildman–Crippen LogP) is 5.01. The zero-order chi connectivity index (χ0) is 33.9. The maximum absolute atomic E-state index is 14.0. The molecule has 0 radical (unpaired) electrons. The van der Waals surface area contributed by atoms with Crippen molar-refractivity contribution in [1.82, 2.24) is 14.7 Å². The molecule has 0 saturated carbocycles. The molecule has 246 valence electrons. The normalized spacial score (nSPS) is 15.7. The summed E-state index contributed by atoms with van der Waals surface area (Å²) in [5, 5.41) is 11.3. The lowest BCUT2D eigenvalue weighted by atomic mass is 10.0. The van der Waals surface area contributed by atoms with Gasteiger partial charge in [0.2, 0.25) is 0 Å². The van der Waals surface area contributed by atoms with Gasteiger partial charge in [-0.15, -0.1) is 0 Å². The number of imide groups is 2. The molecule has 2 heterocycles. The predicted molar refractivity (Wildman–Crippen MR) is 171 cm³/mol. The van der Waals surface area contributed by atoms with Crippen LogP contribution in [0, 0.1) is 10.1 Å². The second kappa shape index (κ2) is 14.1. The Labute approximate surface area is 271 Å². The highest BCUT2D eigenvalue weighted by Crippen LogP contribution is 2.49. The summed E-state index contributed by atoms with van der Waals surface area (Å²) in [5.41, 5.74) is 1.59. The maximum Gasteiger partial charge on any atom is 0.344 e. The number of amides is 4. The zero-order valence-corrected chi connectivity index (χ0v) is 27.1. The van der Waals surface area contributed by atoms with Crippen molar-refractivity contribution in [3.63, 3.8) is 0 Å². The fourth-order valence-corrected chi connectivity index (χ4v) is 7.96. The van der Waals surface area contributed by atoms with E-state index in [0.29, 0.717) is 5.56 Å². The van der Waals surface area contributed by atoms with E-state index in [1.807, 2.05) is 0 Å². The number of rotatable bonds is 15. The minimum atomic E-state index is -3.82. The van der Waals surface area contributed by atoms with Crippen molar-refractivity contribution in [2.24, 2.45) is 0 Å². The van der Waals surface area contributed by atoms with Crippen molar-refractivity contribution < 1.29 is 37.7 Å². The van der Waals surface area contributed by atoms with Crippen molar-refractivity contribution in [1.29, 1.82) is 0 Å². The van der Waals surface area contributed by atoms with Crippen LogP contribution >= 0.6 is 7.60 Å². The summed E-state index contributed by atoms with van der Waals surface area (Å²) in [5.74, 6) is -1.93. The summed E-state index contributed by atoms with van der Waals surface area (Å²) in [6, 6.07) is 17.4. The summed E-state index contributed by atoms with van der Waals surface area (Å²) < 4.78 is 25.3. The number of hydrogen-bond acceptors (Lipinski definition) is 10. The van der Waals surface area contributed by atoms with Gasteiger partial charge in [0, 0.05) is 37.3 Å². The van der Waals surface area contributed by atoms with E-state index in [1.54, 1.807) is 86.3 Å². The highest BCUT2D eigenvalue weighted by Gasteiger charge is 2.42. The average molecular weight is 663 g/mol. The summed E-state index contributed by atoms with van der Waals surface area (Å²) in [7, 11) is -3.82. The highest BCUT2D eigenvalue weighted by molar-refractivity contribution is 7.53. The Morgan fingerprint density at radius 2 is 1.17 bits per heavy atom. The van der Waals surface area contributed by atoms with Gasteiger partial charge in [0.1, 0.15) is 6.29 Å². The van der Waals surface area contributed by atoms with Crippen LogP contribution in [0.1, 0.15) is 67.8 Å². The Kier molecular flexibility index (Phi) is 10.1. The van der Waals surface area contributed by atoms with Crippen LogP contribution in [0.4, 0.5) is 5.69 Å². The van der Waals surface area contributed by atoms with Crippen molar-refractivity contribution in [3.05, 3.63) is 111 Å². The van der Waals surface area contributed by atoms with E-state index in [4.69, 9.17) is 9.05 Å². The van der Waals surface area contributed by atoms with Gasteiger partial charge in [-0.05, 0) is 57.0 Å². The lowest BCUT2D eigenvalue weighted by Crippen LogP contribution is -2.54. The fraction of sp³-hybridized carbons (Fsp3) is 0.333. The average Bonchev–Trinajstić information content (AvgIpc) is 3.44. The molecule has 0 saturated heterocycles. The SMILES string of the molecule is CCOP(=O)(CN([C@@H](Cc1ccc([N+](=O)[O-])cc1)CN1C(=O)c2ccccc2C1=O)[C@H](C)CN1C(=O)c2ccccc2C1=O)OCC. The summed E-state index contributed by atoms with van der Waals surface area (Å²) in [6.07, 6.45) is -0.143. The van der Waals surface area contributed by atoms with Crippen molar-refractivity contribution in [3.8, 4) is 0 Å². The number of non-ortho nitro benzene ring substituents is 1. The van der Waals surface area contributed by atoms with Crippen molar-refractivity contribution >= 4 is 36.9 Å². The second-order valence-corrected chi connectivity index (χ2v) is 13.3. The first-order chi connectivity index (χ1) is 22.5. The number of carbonyl (C=O) groups is 4. The molecule has 4 amide bonds.